The van der Waals surface area contributed by atoms with Crippen LogP contribution in [0.4, 0.5) is 13.2 Å². The van der Waals surface area contributed by atoms with E-state index in [9.17, 15) is 18.0 Å². The molecule has 0 saturated carbocycles. The highest BCUT2D eigenvalue weighted by atomic mass is 19.4. The van der Waals surface area contributed by atoms with Crippen molar-refractivity contribution in [2.45, 2.75) is 19.6 Å². The summed E-state index contributed by atoms with van der Waals surface area (Å²) in [4.78, 5) is 11.1. The molecule has 0 aliphatic heterocycles. The van der Waals surface area contributed by atoms with E-state index in [1.54, 1.807) is 13.0 Å². The van der Waals surface area contributed by atoms with Crippen molar-refractivity contribution in [2.24, 2.45) is 0 Å². The Labute approximate surface area is 162 Å². The zero-order chi connectivity index (χ0) is 20.8. The SMILES string of the molecule is Cc1cc(C(=O)O)nn1Cc1cc(C(F)(F)F)cc2cc(-c3ccccc3)nn12. The van der Waals surface area contributed by atoms with Gasteiger partial charge in [0.2, 0.25) is 0 Å². The number of aromatic carboxylic acids is 1. The molecule has 0 spiro atoms. The lowest BCUT2D eigenvalue weighted by Gasteiger charge is -2.12. The zero-order valence-corrected chi connectivity index (χ0v) is 15.2. The fourth-order valence-corrected chi connectivity index (χ4v) is 3.12. The van der Waals surface area contributed by atoms with Gasteiger partial charge in [-0.2, -0.15) is 23.4 Å². The number of alkyl halides is 3. The highest BCUT2D eigenvalue weighted by Crippen LogP contribution is 2.32. The quantitative estimate of drug-likeness (QED) is 0.555. The van der Waals surface area contributed by atoms with Crippen LogP contribution in [0.25, 0.3) is 16.8 Å². The van der Waals surface area contributed by atoms with Gasteiger partial charge < -0.3 is 5.11 Å². The first-order chi connectivity index (χ1) is 13.7. The number of carboxylic acids is 1. The van der Waals surface area contributed by atoms with E-state index >= 15 is 0 Å². The van der Waals surface area contributed by atoms with E-state index in [0.29, 0.717) is 11.4 Å². The standard InChI is InChI=1S/C20H15F3N4O2/c1-12-7-18(19(28)29)24-26(12)11-16-9-14(20(21,22)23)8-15-10-17(25-27(15)16)13-5-3-2-4-6-13/h2-10H,11H2,1H3,(H,28,29). The van der Waals surface area contributed by atoms with Crippen molar-refractivity contribution in [3.63, 3.8) is 0 Å². The molecule has 4 rings (SSSR count). The van der Waals surface area contributed by atoms with Gasteiger partial charge in [-0.15, -0.1) is 0 Å². The predicted octanol–water partition coefficient (Wildman–Crippen LogP) is 4.27. The fourth-order valence-electron chi connectivity index (χ4n) is 3.12. The lowest BCUT2D eigenvalue weighted by atomic mass is 10.1. The summed E-state index contributed by atoms with van der Waals surface area (Å²) in [6, 6.07) is 14.1. The Kier molecular flexibility index (Phi) is 4.37. The van der Waals surface area contributed by atoms with Gasteiger partial charge >= 0.3 is 12.1 Å². The minimum absolute atomic E-state index is 0.0601. The van der Waals surface area contributed by atoms with E-state index in [2.05, 4.69) is 10.2 Å². The van der Waals surface area contributed by atoms with Gasteiger partial charge in [-0.3, -0.25) is 4.68 Å². The third-order valence-electron chi connectivity index (χ3n) is 4.54. The van der Waals surface area contributed by atoms with Crippen LogP contribution in [0, 0.1) is 6.92 Å². The molecular weight excluding hydrogens is 385 g/mol. The van der Waals surface area contributed by atoms with Crippen LogP contribution in [0.1, 0.15) is 27.4 Å². The maximum Gasteiger partial charge on any atom is 0.416 e. The second kappa shape index (κ2) is 6.77. The fraction of sp³-hybridized carbons (Fsp3) is 0.150. The van der Waals surface area contributed by atoms with E-state index in [4.69, 9.17) is 5.11 Å². The number of carbonyl (C=O) groups is 1. The Hall–Kier alpha value is -3.62. The molecule has 0 fully saturated rings. The number of hydrogen-bond acceptors (Lipinski definition) is 3. The molecule has 0 atom stereocenters. The van der Waals surface area contributed by atoms with Crippen molar-refractivity contribution in [1.82, 2.24) is 19.4 Å². The number of halogens is 3. The number of carboxylic acid groups (broad SMARTS) is 1. The van der Waals surface area contributed by atoms with E-state index in [1.165, 1.54) is 15.3 Å². The molecule has 4 aromatic rings. The smallest absolute Gasteiger partial charge is 0.416 e. The van der Waals surface area contributed by atoms with Gasteiger partial charge in [-0.25, -0.2) is 9.31 Å². The van der Waals surface area contributed by atoms with Crippen LogP contribution < -0.4 is 0 Å². The summed E-state index contributed by atoms with van der Waals surface area (Å²) in [5.74, 6) is -1.20. The van der Waals surface area contributed by atoms with Gasteiger partial charge in [-0.05, 0) is 31.2 Å². The molecule has 0 radical (unpaired) electrons. The summed E-state index contributed by atoms with van der Waals surface area (Å²) in [7, 11) is 0. The highest BCUT2D eigenvalue weighted by Gasteiger charge is 2.32. The van der Waals surface area contributed by atoms with E-state index < -0.39 is 17.7 Å². The van der Waals surface area contributed by atoms with Gasteiger partial charge in [0, 0.05) is 11.3 Å². The van der Waals surface area contributed by atoms with Crippen LogP contribution in [0.3, 0.4) is 0 Å². The van der Waals surface area contributed by atoms with Crippen LogP contribution >= 0.6 is 0 Å². The second-order valence-corrected chi connectivity index (χ2v) is 6.60. The van der Waals surface area contributed by atoms with Crippen molar-refractivity contribution in [2.75, 3.05) is 0 Å². The van der Waals surface area contributed by atoms with Gasteiger partial charge in [0.25, 0.3) is 0 Å². The second-order valence-electron chi connectivity index (χ2n) is 6.60. The lowest BCUT2D eigenvalue weighted by molar-refractivity contribution is -0.137. The molecule has 0 bridgehead atoms. The van der Waals surface area contributed by atoms with E-state index in [-0.39, 0.29) is 23.4 Å². The van der Waals surface area contributed by atoms with Crippen molar-refractivity contribution in [1.29, 1.82) is 0 Å². The van der Waals surface area contributed by atoms with Crippen LogP contribution in [0.2, 0.25) is 0 Å². The molecule has 148 valence electrons. The summed E-state index contributed by atoms with van der Waals surface area (Å²) in [6.45, 7) is 1.58. The van der Waals surface area contributed by atoms with Crippen LogP contribution in [0.15, 0.2) is 54.6 Å². The maximum absolute atomic E-state index is 13.4. The third kappa shape index (κ3) is 3.58. The van der Waals surface area contributed by atoms with Gasteiger partial charge in [0.1, 0.15) is 0 Å². The molecule has 3 aromatic heterocycles. The molecule has 29 heavy (non-hydrogen) atoms. The Morgan fingerprint density at radius 3 is 2.41 bits per heavy atom. The molecule has 0 unspecified atom stereocenters. The third-order valence-corrected chi connectivity index (χ3v) is 4.54. The van der Waals surface area contributed by atoms with Crippen LogP contribution in [-0.2, 0) is 12.7 Å². The molecule has 0 aliphatic rings. The van der Waals surface area contributed by atoms with Crippen molar-refractivity contribution in [3.05, 3.63) is 77.2 Å². The summed E-state index contributed by atoms with van der Waals surface area (Å²) < 4.78 is 43.1. The molecule has 1 N–H and O–H groups in total. The molecule has 0 amide bonds. The van der Waals surface area contributed by atoms with Gasteiger partial charge in [-0.1, -0.05) is 30.3 Å². The van der Waals surface area contributed by atoms with Crippen molar-refractivity contribution >= 4 is 11.5 Å². The van der Waals surface area contributed by atoms with E-state index in [1.807, 2.05) is 30.3 Å². The number of rotatable bonds is 4. The largest absolute Gasteiger partial charge is 0.476 e. The van der Waals surface area contributed by atoms with Crippen molar-refractivity contribution < 1.29 is 23.1 Å². The summed E-state index contributed by atoms with van der Waals surface area (Å²) >= 11 is 0. The van der Waals surface area contributed by atoms with Crippen molar-refractivity contribution in [3.8, 4) is 11.3 Å². The lowest BCUT2D eigenvalue weighted by Crippen LogP contribution is -2.13. The van der Waals surface area contributed by atoms with Crippen LogP contribution in [0.5, 0.6) is 0 Å². The summed E-state index contributed by atoms with van der Waals surface area (Å²) in [5, 5.41) is 17.5. The number of pyridine rings is 1. The van der Waals surface area contributed by atoms with Gasteiger partial charge in [0.05, 0.1) is 29.0 Å². The average molecular weight is 400 g/mol. The zero-order valence-electron chi connectivity index (χ0n) is 15.2. The minimum Gasteiger partial charge on any atom is -0.476 e. The maximum atomic E-state index is 13.4. The van der Waals surface area contributed by atoms with E-state index in [0.717, 1.165) is 17.7 Å². The monoisotopic (exact) mass is 400 g/mol. The molecule has 1 aromatic carbocycles. The number of benzene rings is 1. The number of hydrogen-bond donors (Lipinski definition) is 1. The summed E-state index contributed by atoms with van der Waals surface area (Å²) in [5.41, 5.74) is 1.38. The molecule has 0 saturated heterocycles. The normalized spacial score (nSPS) is 11.9. The van der Waals surface area contributed by atoms with Gasteiger partial charge in [0.15, 0.2) is 5.69 Å². The summed E-state index contributed by atoms with van der Waals surface area (Å²) in [6.07, 6.45) is -4.53. The molecular formula is C20H15F3N4O2. The first kappa shape index (κ1) is 18.7. The number of aromatic nitrogens is 4. The average Bonchev–Trinajstić information content (AvgIpc) is 3.26. The number of nitrogens with zero attached hydrogens (tertiary/aromatic N) is 4. The molecule has 9 heteroatoms. The molecule has 3 heterocycles. The Bertz CT molecular complexity index is 1210. The van der Waals surface area contributed by atoms with Crippen LogP contribution in [-0.4, -0.2) is 30.5 Å². The number of fused-ring (bicyclic) bond motifs is 1. The Morgan fingerprint density at radius 1 is 1.07 bits per heavy atom. The number of aryl methyl sites for hydroxylation is 1. The minimum atomic E-state index is -4.53. The Morgan fingerprint density at radius 2 is 1.79 bits per heavy atom. The molecule has 6 nitrogen and oxygen atoms in total. The first-order valence-electron chi connectivity index (χ1n) is 8.65. The predicted molar refractivity (Wildman–Crippen MR) is 98.7 cm³/mol. The Balaban J connectivity index is 1.86. The molecule has 0 aliphatic carbocycles. The first-order valence-corrected chi connectivity index (χ1v) is 8.65. The topological polar surface area (TPSA) is 72.4 Å². The highest BCUT2D eigenvalue weighted by molar-refractivity contribution is 5.85.